The van der Waals surface area contributed by atoms with E-state index in [4.69, 9.17) is 4.74 Å². The molecular weight excluding hydrogens is 228 g/mol. The van der Waals surface area contributed by atoms with E-state index in [2.05, 4.69) is 17.1 Å². The number of benzene rings is 1. The number of piperidine rings is 1. The lowest BCUT2D eigenvalue weighted by Crippen LogP contribution is -2.54. The zero-order valence-corrected chi connectivity index (χ0v) is 10.8. The van der Waals surface area contributed by atoms with Crippen LogP contribution in [0.2, 0.25) is 0 Å². The van der Waals surface area contributed by atoms with Crippen LogP contribution in [-0.4, -0.2) is 25.6 Å². The highest BCUT2D eigenvalue weighted by molar-refractivity contribution is 6.04. The Morgan fingerprint density at radius 3 is 3.06 bits per heavy atom. The van der Waals surface area contributed by atoms with Crippen molar-refractivity contribution in [2.75, 3.05) is 23.9 Å². The van der Waals surface area contributed by atoms with Gasteiger partial charge in [-0.05, 0) is 30.9 Å². The van der Waals surface area contributed by atoms with Crippen LogP contribution in [0.1, 0.15) is 19.8 Å². The first-order valence-corrected chi connectivity index (χ1v) is 6.46. The normalized spacial score (nSPS) is 26.1. The van der Waals surface area contributed by atoms with E-state index in [1.165, 1.54) is 0 Å². The molecule has 0 aromatic heterocycles. The van der Waals surface area contributed by atoms with Gasteiger partial charge < -0.3 is 15.0 Å². The number of anilines is 2. The van der Waals surface area contributed by atoms with Gasteiger partial charge in [-0.25, -0.2) is 0 Å². The highest BCUT2D eigenvalue weighted by atomic mass is 16.5. The molecule has 96 valence electrons. The summed E-state index contributed by atoms with van der Waals surface area (Å²) in [5, 5.41) is 3.00. The van der Waals surface area contributed by atoms with E-state index in [0.717, 1.165) is 36.5 Å². The fourth-order valence-electron chi connectivity index (χ4n) is 3.06. The second kappa shape index (κ2) is 4.19. The molecule has 1 amide bonds. The van der Waals surface area contributed by atoms with Gasteiger partial charge in [-0.1, -0.05) is 6.92 Å². The van der Waals surface area contributed by atoms with Gasteiger partial charge in [0.2, 0.25) is 5.91 Å². The molecule has 0 radical (unpaired) electrons. The van der Waals surface area contributed by atoms with Crippen molar-refractivity contribution < 1.29 is 9.53 Å². The molecule has 2 aliphatic rings. The quantitative estimate of drug-likeness (QED) is 0.826. The van der Waals surface area contributed by atoms with Crippen molar-refractivity contribution in [1.29, 1.82) is 0 Å². The fourth-order valence-corrected chi connectivity index (χ4v) is 3.06. The van der Waals surface area contributed by atoms with Crippen molar-refractivity contribution in [1.82, 2.24) is 0 Å². The third-order valence-corrected chi connectivity index (χ3v) is 3.97. The Balaban J connectivity index is 2.03. The number of hydrogen-bond acceptors (Lipinski definition) is 3. The van der Waals surface area contributed by atoms with Crippen molar-refractivity contribution >= 4 is 17.3 Å². The first-order chi connectivity index (χ1) is 8.70. The van der Waals surface area contributed by atoms with E-state index in [1.807, 2.05) is 18.2 Å². The molecule has 2 heterocycles. The van der Waals surface area contributed by atoms with Crippen LogP contribution < -0.4 is 15.0 Å². The summed E-state index contributed by atoms with van der Waals surface area (Å²) in [7, 11) is 1.64. The Morgan fingerprint density at radius 2 is 2.28 bits per heavy atom. The van der Waals surface area contributed by atoms with Gasteiger partial charge in [0.05, 0.1) is 18.5 Å². The number of fused-ring (bicyclic) bond motifs is 3. The maximum Gasteiger partial charge on any atom is 0.247 e. The van der Waals surface area contributed by atoms with Crippen molar-refractivity contribution in [2.45, 2.75) is 25.8 Å². The van der Waals surface area contributed by atoms with Gasteiger partial charge in [-0.15, -0.1) is 0 Å². The summed E-state index contributed by atoms with van der Waals surface area (Å²) < 4.78 is 5.20. The number of methoxy groups -OCH3 is 1. The van der Waals surface area contributed by atoms with Gasteiger partial charge in [0, 0.05) is 12.6 Å². The maximum atomic E-state index is 12.2. The van der Waals surface area contributed by atoms with Gasteiger partial charge in [-0.3, -0.25) is 4.79 Å². The zero-order valence-electron chi connectivity index (χ0n) is 10.8. The first-order valence-electron chi connectivity index (χ1n) is 6.46. The molecule has 18 heavy (non-hydrogen) atoms. The van der Waals surface area contributed by atoms with Crippen LogP contribution in [-0.2, 0) is 4.79 Å². The molecule has 0 bridgehead atoms. The second-order valence-electron chi connectivity index (χ2n) is 5.13. The van der Waals surface area contributed by atoms with Crippen LogP contribution in [0.25, 0.3) is 0 Å². The minimum Gasteiger partial charge on any atom is -0.497 e. The molecule has 0 aliphatic carbocycles. The number of nitrogens with zero attached hydrogens (tertiary/aromatic N) is 1. The first kappa shape index (κ1) is 11.4. The lowest BCUT2D eigenvalue weighted by atomic mass is 9.88. The summed E-state index contributed by atoms with van der Waals surface area (Å²) in [5.41, 5.74) is 1.98. The van der Waals surface area contributed by atoms with Crippen molar-refractivity contribution in [3.8, 4) is 5.75 Å². The average Bonchev–Trinajstić information content (AvgIpc) is 2.38. The average molecular weight is 246 g/mol. The predicted molar refractivity (Wildman–Crippen MR) is 71.2 cm³/mol. The zero-order chi connectivity index (χ0) is 12.7. The minimum absolute atomic E-state index is 0.0142. The number of nitrogens with one attached hydrogen (secondary N) is 1. The summed E-state index contributed by atoms with van der Waals surface area (Å²) in [4.78, 5) is 14.4. The Morgan fingerprint density at radius 1 is 1.44 bits per heavy atom. The lowest BCUT2D eigenvalue weighted by Gasteiger charge is -2.44. The van der Waals surface area contributed by atoms with Gasteiger partial charge in [-0.2, -0.15) is 0 Å². The van der Waals surface area contributed by atoms with E-state index >= 15 is 0 Å². The molecule has 0 spiro atoms. The van der Waals surface area contributed by atoms with Crippen molar-refractivity contribution in [3.05, 3.63) is 18.2 Å². The Hall–Kier alpha value is -1.71. The minimum atomic E-state index is -0.0142. The van der Waals surface area contributed by atoms with Crippen LogP contribution in [0.3, 0.4) is 0 Å². The van der Waals surface area contributed by atoms with Crippen LogP contribution in [0, 0.1) is 5.92 Å². The van der Waals surface area contributed by atoms with Gasteiger partial charge >= 0.3 is 0 Å². The highest BCUT2D eigenvalue weighted by Gasteiger charge is 2.38. The number of amides is 1. The third-order valence-electron chi connectivity index (χ3n) is 3.97. The molecule has 2 aliphatic heterocycles. The Kier molecular flexibility index (Phi) is 2.65. The molecule has 2 unspecified atom stereocenters. The van der Waals surface area contributed by atoms with E-state index in [1.54, 1.807) is 7.11 Å². The molecule has 1 aromatic rings. The summed E-state index contributed by atoms with van der Waals surface area (Å²) in [5.74, 6) is 1.30. The summed E-state index contributed by atoms with van der Waals surface area (Å²) >= 11 is 0. The van der Waals surface area contributed by atoms with Crippen LogP contribution >= 0.6 is 0 Å². The Bertz CT molecular complexity index is 487. The molecule has 0 saturated carbocycles. The lowest BCUT2D eigenvalue weighted by molar-refractivity contribution is -0.119. The number of rotatable bonds is 1. The van der Waals surface area contributed by atoms with Crippen molar-refractivity contribution in [2.24, 2.45) is 5.92 Å². The smallest absolute Gasteiger partial charge is 0.247 e. The monoisotopic (exact) mass is 246 g/mol. The number of hydrogen-bond donors (Lipinski definition) is 1. The van der Waals surface area contributed by atoms with Gasteiger partial charge in [0.25, 0.3) is 0 Å². The second-order valence-corrected chi connectivity index (χ2v) is 5.13. The van der Waals surface area contributed by atoms with E-state index in [9.17, 15) is 4.79 Å². The molecule has 1 fully saturated rings. The standard InChI is InChI=1S/C14H18N2O2/c1-9-4-3-7-16-12-6-5-10(18-2)8-11(12)15-14(17)13(9)16/h5-6,8-9,13H,3-4,7H2,1-2H3,(H,15,17). The molecule has 1 saturated heterocycles. The Labute approximate surface area is 107 Å². The third kappa shape index (κ3) is 1.64. The van der Waals surface area contributed by atoms with E-state index in [0.29, 0.717) is 5.92 Å². The van der Waals surface area contributed by atoms with Gasteiger partial charge in [0.1, 0.15) is 11.8 Å². The predicted octanol–water partition coefficient (Wildman–Crippen LogP) is 2.25. The largest absolute Gasteiger partial charge is 0.497 e. The number of ether oxygens (including phenoxy) is 1. The molecule has 4 heteroatoms. The van der Waals surface area contributed by atoms with Crippen LogP contribution in [0.4, 0.5) is 11.4 Å². The van der Waals surface area contributed by atoms with E-state index in [-0.39, 0.29) is 11.9 Å². The van der Waals surface area contributed by atoms with Gasteiger partial charge in [0.15, 0.2) is 0 Å². The maximum absolute atomic E-state index is 12.2. The highest BCUT2D eigenvalue weighted by Crippen LogP contribution is 2.39. The number of carbonyl (C=O) groups is 1. The molecular formula is C14H18N2O2. The molecule has 1 N–H and O–H groups in total. The fraction of sp³-hybridized carbons (Fsp3) is 0.500. The van der Waals surface area contributed by atoms with Crippen LogP contribution in [0.5, 0.6) is 5.75 Å². The molecule has 1 aromatic carbocycles. The van der Waals surface area contributed by atoms with Crippen molar-refractivity contribution in [3.63, 3.8) is 0 Å². The molecule has 4 nitrogen and oxygen atoms in total. The number of carbonyl (C=O) groups excluding carboxylic acids is 1. The summed E-state index contributed by atoms with van der Waals surface area (Å²) in [6.07, 6.45) is 2.27. The van der Waals surface area contributed by atoms with Crippen LogP contribution in [0.15, 0.2) is 18.2 Å². The molecule has 2 atom stereocenters. The summed E-state index contributed by atoms with van der Waals surface area (Å²) in [6.45, 7) is 3.12. The summed E-state index contributed by atoms with van der Waals surface area (Å²) in [6, 6.07) is 5.87. The molecule has 3 rings (SSSR count). The topological polar surface area (TPSA) is 41.6 Å². The van der Waals surface area contributed by atoms with E-state index < -0.39 is 0 Å². The SMILES string of the molecule is COc1ccc2c(c1)NC(=O)C1C(C)CCCN21.